The first kappa shape index (κ1) is 11.3. The number of H-pyrrole nitrogens is 1. The summed E-state index contributed by atoms with van der Waals surface area (Å²) in [4.78, 5) is 11.9. The third kappa shape index (κ3) is 1.87. The lowest BCUT2D eigenvalue weighted by Gasteiger charge is -2.05. The summed E-state index contributed by atoms with van der Waals surface area (Å²) in [5.74, 6) is 1.84. The minimum absolute atomic E-state index is 0.588. The Morgan fingerprint density at radius 2 is 2.06 bits per heavy atom. The highest BCUT2D eigenvalue weighted by Gasteiger charge is 2.09. The molecule has 0 saturated carbocycles. The second-order valence-electron chi connectivity index (χ2n) is 3.99. The van der Waals surface area contributed by atoms with Crippen LogP contribution in [0.2, 0.25) is 0 Å². The van der Waals surface area contributed by atoms with Gasteiger partial charge in [-0.25, -0.2) is 9.97 Å². The number of hydrogen-bond acceptors (Lipinski definition) is 3. The zero-order valence-corrected chi connectivity index (χ0v) is 10.7. The van der Waals surface area contributed by atoms with Crippen molar-refractivity contribution in [3.05, 3.63) is 16.3 Å². The molecule has 2 heterocycles. The maximum atomic E-state index is 5.22. The molecule has 0 bridgehead atoms. The second kappa shape index (κ2) is 4.33. The molecule has 2 aromatic heterocycles. The van der Waals surface area contributed by atoms with Crippen molar-refractivity contribution in [2.45, 2.75) is 40.2 Å². The number of imidazole rings is 1. The Kier molecular flexibility index (Phi) is 3.05. The molecule has 16 heavy (non-hydrogen) atoms. The van der Waals surface area contributed by atoms with Crippen LogP contribution in [0.25, 0.3) is 11.2 Å². The molecule has 0 amide bonds. The number of unbranched alkanes of at least 4 members (excludes halogenated alkanes) is 1. The summed E-state index contributed by atoms with van der Waals surface area (Å²) in [5, 5.41) is 0. The SMILES string of the molecule is CCCCn1c(C)nc2c(=S)nc(C)[nH]c21. The van der Waals surface area contributed by atoms with Gasteiger partial charge < -0.3 is 9.55 Å². The minimum atomic E-state index is 0.588. The van der Waals surface area contributed by atoms with E-state index in [4.69, 9.17) is 12.2 Å². The molecule has 1 N–H and O–H groups in total. The average Bonchev–Trinajstić information content (AvgIpc) is 2.53. The largest absolute Gasteiger partial charge is 0.328 e. The Labute approximate surface area is 99.7 Å². The van der Waals surface area contributed by atoms with Gasteiger partial charge in [-0.15, -0.1) is 0 Å². The molecule has 0 unspecified atom stereocenters. The van der Waals surface area contributed by atoms with Gasteiger partial charge in [0.15, 0.2) is 4.64 Å². The van der Waals surface area contributed by atoms with E-state index in [0.717, 1.165) is 35.8 Å². The molecule has 0 saturated heterocycles. The zero-order valence-electron chi connectivity index (χ0n) is 9.87. The summed E-state index contributed by atoms with van der Waals surface area (Å²) in [7, 11) is 0. The van der Waals surface area contributed by atoms with E-state index in [1.165, 1.54) is 6.42 Å². The van der Waals surface area contributed by atoms with E-state index in [0.29, 0.717) is 4.64 Å². The van der Waals surface area contributed by atoms with Gasteiger partial charge in [0, 0.05) is 6.54 Å². The van der Waals surface area contributed by atoms with Gasteiger partial charge in [0.1, 0.15) is 22.8 Å². The molecular weight excluding hydrogens is 220 g/mol. The normalized spacial score (nSPS) is 11.2. The smallest absolute Gasteiger partial charge is 0.157 e. The highest BCUT2D eigenvalue weighted by atomic mass is 32.1. The Balaban J connectivity index is 2.64. The Morgan fingerprint density at radius 1 is 1.31 bits per heavy atom. The predicted molar refractivity (Wildman–Crippen MR) is 67.1 cm³/mol. The maximum Gasteiger partial charge on any atom is 0.157 e. The number of hydrogen-bond donors (Lipinski definition) is 1. The van der Waals surface area contributed by atoms with Gasteiger partial charge in [-0.2, -0.15) is 0 Å². The van der Waals surface area contributed by atoms with E-state index in [1.807, 2.05) is 13.8 Å². The first-order valence-electron chi connectivity index (χ1n) is 5.57. The van der Waals surface area contributed by atoms with Crippen LogP contribution in [0.3, 0.4) is 0 Å². The lowest BCUT2D eigenvalue weighted by molar-refractivity contribution is 0.626. The maximum absolute atomic E-state index is 5.22. The molecular formula is C11H16N4S. The van der Waals surface area contributed by atoms with E-state index in [2.05, 4.69) is 26.4 Å². The fraction of sp³-hybridized carbons (Fsp3) is 0.545. The van der Waals surface area contributed by atoms with E-state index in [1.54, 1.807) is 0 Å². The van der Waals surface area contributed by atoms with Crippen LogP contribution >= 0.6 is 12.2 Å². The third-order valence-electron chi connectivity index (χ3n) is 2.66. The standard InChI is InChI=1S/C11H16N4S/c1-4-5-6-15-8(3)14-9-10(15)12-7(2)13-11(9)16/h4-6H2,1-3H3,(H,12,13,16). The van der Waals surface area contributed by atoms with Crippen molar-refractivity contribution in [1.82, 2.24) is 19.5 Å². The molecule has 5 heteroatoms. The molecule has 0 fully saturated rings. The fourth-order valence-electron chi connectivity index (χ4n) is 1.83. The number of rotatable bonds is 3. The van der Waals surface area contributed by atoms with Crippen molar-refractivity contribution in [3.63, 3.8) is 0 Å². The van der Waals surface area contributed by atoms with Crippen LogP contribution in [-0.4, -0.2) is 19.5 Å². The minimum Gasteiger partial charge on any atom is -0.328 e. The van der Waals surface area contributed by atoms with E-state index in [9.17, 15) is 0 Å². The van der Waals surface area contributed by atoms with Crippen LogP contribution in [0.1, 0.15) is 31.4 Å². The molecule has 0 aliphatic heterocycles. The Hall–Kier alpha value is -1.23. The van der Waals surface area contributed by atoms with Gasteiger partial charge in [0.05, 0.1) is 0 Å². The molecule has 0 atom stereocenters. The van der Waals surface area contributed by atoms with Crippen molar-refractivity contribution in [3.8, 4) is 0 Å². The van der Waals surface area contributed by atoms with Gasteiger partial charge in [-0.3, -0.25) is 0 Å². The number of nitrogens with one attached hydrogen (secondary N) is 1. The first-order chi connectivity index (χ1) is 7.63. The van der Waals surface area contributed by atoms with Gasteiger partial charge in [-0.05, 0) is 20.3 Å². The monoisotopic (exact) mass is 236 g/mol. The first-order valence-corrected chi connectivity index (χ1v) is 5.98. The summed E-state index contributed by atoms with van der Waals surface area (Å²) in [5.41, 5.74) is 1.82. The average molecular weight is 236 g/mol. The van der Waals surface area contributed by atoms with Crippen LogP contribution in [0.5, 0.6) is 0 Å². The highest BCUT2D eigenvalue weighted by molar-refractivity contribution is 7.71. The van der Waals surface area contributed by atoms with Crippen molar-refractivity contribution >= 4 is 23.4 Å². The van der Waals surface area contributed by atoms with Gasteiger partial charge in [-0.1, -0.05) is 25.6 Å². The number of aryl methyl sites for hydroxylation is 3. The van der Waals surface area contributed by atoms with Crippen LogP contribution in [-0.2, 0) is 6.54 Å². The van der Waals surface area contributed by atoms with Crippen molar-refractivity contribution < 1.29 is 0 Å². The lowest BCUT2D eigenvalue weighted by atomic mass is 10.3. The second-order valence-corrected chi connectivity index (χ2v) is 4.38. The summed E-state index contributed by atoms with van der Waals surface area (Å²) in [6.07, 6.45) is 2.32. The molecule has 2 rings (SSSR count). The number of fused-ring (bicyclic) bond motifs is 1. The van der Waals surface area contributed by atoms with Gasteiger partial charge in [0.25, 0.3) is 0 Å². The Bertz CT molecular complexity index is 567. The van der Waals surface area contributed by atoms with E-state index in [-0.39, 0.29) is 0 Å². The topological polar surface area (TPSA) is 46.5 Å². The van der Waals surface area contributed by atoms with Gasteiger partial charge >= 0.3 is 0 Å². The highest BCUT2D eigenvalue weighted by Crippen LogP contribution is 2.15. The molecule has 0 aliphatic rings. The number of aromatic amines is 1. The molecule has 0 aromatic carbocycles. The Morgan fingerprint density at radius 3 is 2.75 bits per heavy atom. The fourth-order valence-corrected chi connectivity index (χ4v) is 2.11. The summed E-state index contributed by atoms with van der Waals surface area (Å²) in [6, 6.07) is 0. The number of nitrogens with zero attached hydrogens (tertiary/aromatic N) is 3. The van der Waals surface area contributed by atoms with Crippen LogP contribution in [0.4, 0.5) is 0 Å². The third-order valence-corrected chi connectivity index (χ3v) is 2.95. The van der Waals surface area contributed by atoms with Crippen molar-refractivity contribution in [2.24, 2.45) is 0 Å². The molecule has 86 valence electrons. The molecule has 0 radical (unpaired) electrons. The summed E-state index contributed by atoms with van der Waals surface area (Å²) < 4.78 is 2.77. The van der Waals surface area contributed by atoms with Crippen molar-refractivity contribution in [1.29, 1.82) is 0 Å². The zero-order chi connectivity index (χ0) is 11.7. The van der Waals surface area contributed by atoms with Crippen LogP contribution in [0, 0.1) is 18.5 Å². The van der Waals surface area contributed by atoms with Crippen LogP contribution < -0.4 is 0 Å². The lowest BCUT2D eigenvalue weighted by Crippen LogP contribution is -2.02. The predicted octanol–water partition coefficient (Wildman–Crippen LogP) is 2.91. The van der Waals surface area contributed by atoms with Gasteiger partial charge in [0.2, 0.25) is 0 Å². The quantitative estimate of drug-likeness (QED) is 0.833. The summed E-state index contributed by atoms with van der Waals surface area (Å²) in [6.45, 7) is 7.09. The molecule has 0 spiro atoms. The molecule has 4 nitrogen and oxygen atoms in total. The van der Waals surface area contributed by atoms with Crippen LogP contribution in [0.15, 0.2) is 0 Å². The summed E-state index contributed by atoms with van der Waals surface area (Å²) >= 11 is 5.22. The molecule has 2 aromatic rings. The van der Waals surface area contributed by atoms with E-state index >= 15 is 0 Å². The number of aromatic nitrogens is 4. The van der Waals surface area contributed by atoms with E-state index < -0.39 is 0 Å². The van der Waals surface area contributed by atoms with Crippen molar-refractivity contribution in [2.75, 3.05) is 0 Å². The molecule has 0 aliphatic carbocycles.